The number of hydrogen-bond acceptors (Lipinski definition) is 5. The molecule has 0 amide bonds. The Labute approximate surface area is 159 Å². The first-order chi connectivity index (χ1) is 13.3. The van der Waals surface area contributed by atoms with Crippen LogP contribution in [0.1, 0.15) is 48.6 Å². The van der Waals surface area contributed by atoms with Crippen molar-refractivity contribution in [3.63, 3.8) is 0 Å². The van der Waals surface area contributed by atoms with Crippen LogP contribution < -0.4 is 11.1 Å². The Kier molecular flexibility index (Phi) is 4.60. The van der Waals surface area contributed by atoms with Gasteiger partial charge in [-0.1, -0.05) is 6.42 Å². The molecule has 1 aliphatic rings. The molecule has 2 atom stereocenters. The summed E-state index contributed by atoms with van der Waals surface area (Å²) in [5, 5.41) is 3.16. The van der Waals surface area contributed by atoms with Crippen molar-refractivity contribution in [2.45, 2.75) is 50.7 Å². The Bertz CT molecular complexity index is 980. The number of aromatic amines is 1. The second kappa shape index (κ2) is 6.96. The molecule has 1 aliphatic carbocycles. The fraction of sp³-hybridized carbons (Fsp3) is 0.421. The summed E-state index contributed by atoms with van der Waals surface area (Å²) in [5.41, 5.74) is 8.64. The van der Waals surface area contributed by atoms with E-state index in [0.29, 0.717) is 5.69 Å². The summed E-state index contributed by atoms with van der Waals surface area (Å²) >= 11 is 0. The van der Waals surface area contributed by atoms with Gasteiger partial charge in [-0.05, 0) is 43.9 Å². The zero-order valence-corrected chi connectivity index (χ0v) is 15.3. The number of fused-ring (bicyclic) bond motifs is 1. The third-order valence-corrected chi connectivity index (χ3v) is 5.34. The number of imidazole rings is 1. The first kappa shape index (κ1) is 18.5. The van der Waals surface area contributed by atoms with Gasteiger partial charge >= 0.3 is 6.18 Å². The van der Waals surface area contributed by atoms with Crippen molar-refractivity contribution >= 4 is 22.7 Å². The maximum Gasteiger partial charge on any atom is 0.419 e. The fourth-order valence-electron chi connectivity index (χ4n) is 3.74. The molecule has 148 valence electrons. The molecule has 1 fully saturated rings. The number of nitrogen functional groups attached to an aromatic ring is 1. The van der Waals surface area contributed by atoms with Gasteiger partial charge in [0, 0.05) is 30.0 Å². The second-order valence-corrected chi connectivity index (χ2v) is 7.30. The first-order valence-electron chi connectivity index (χ1n) is 9.21. The van der Waals surface area contributed by atoms with Gasteiger partial charge in [0.05, 0.1) is 16.6 Å². The van der Waals surface area contributed by atoms with Crippen molar-refractivity contribution < 1.29 is 13.2 Å². The third-order valence-electron chi connectivity index (χ3n) is 5.34. The van der Waals surface area contributed by atoms with Gasteiger partial charge in [0.2, 0.25) is 5.95 Å². The molecular weight excluding hydrogens is 369 g/mol. The van der Waals surface area contributed by atoms with E-state index in [9.17, 15) is 13.2 Å². The van der Waals surface area contributed by atoms with Crippen molar-refractivity contribution in [1.29, 1.82) is 0 Å². The van der Waals surface area contributed by atoms with Gasteiger partial charge in [-0.3, -0.25) is 0 Å². The van der Waals surface area contributed by atoms with Gasteiger partial charge in [0.15, 0.2) is 0 Å². The lowest BCUT2D eigenvalue weighted by molar-refractivity contribution is -0.138. The van der Waals surface area contributed by atoms with Gasteiger partial charge in [-0.25, -0.2) is 15.0 Å². The van der Waals surface area contributed by atoms with E-state index in [1.807, 2.05) is 19.1 Å². The zero-order chi connectivity index (χ0) is 19.9. The summed E-state index contributed by atoms with van der Waals surface area (Å²) in [6.45, 7) is 1.95. The molecule has 4 rings (SSSR count). The molecule has 1 saturated carbocycles. The van der Waals surface area contributed by atoms with E-state index in [2.05, 4.69) is 20.3 Å². The second-order valence-electron chi connectivity index (χ2n) is 7.30. The topological polar surface area (TPSA) is 92.5 Å². The number of anilines is 2. The van der Waals surface area contributed by atoms with Crippen molar-refractivity contribution in [3.8, 4) is 0 Å². The van der Waals surface area contributed by atoms with E-state index in [-0.39, 0.29) is 17.9 Å². The average Bonchev–Trinajstić information content (AvgIpc) is 3.10. The quantitative estimate of drug-likeness (QED) is 0.577. The van der Waals surface area contributed by atoms with Crippen LogP contribution in [-0.2, 0) is 6.18 Å². The lowest BCUT2D eigenvalue weighted by Gasteiger charge is -2.28. The van der Waals surface area contributed by atoms with Crippen LogP contribution in [0.3, 0.4) is 0 Å². The average molecular weight is 390 g/mol. The summed E-state index contributed by atoms with van der Waals surface area (Å²) in [7, 11) is 0. The van der Waals surface area contributed by atoms with Gasteiger partial charge < -0.3 is 16.0 Å². The molecule has 2 aromatic heterocycles. The van der Waals surface area contributed by atoms with E-state index in [1.54, 1.807) is 0 Å². The summed E-state index contributed by atoms with van der Waals surface area (Å²) in [6, 6.07) is 3.88. The highest BCUT2D eigenvalue weighted by molar-refractivity contribution is 5.83. The minimum atomic E-state index is -4.43. The van der Waals surface area contributed by atoms with Crippen LogP contribution in [0.5, 0.6) is 0 Å². The Balaban J connectivity index is 1.48. The summed E-state index contributed by atoms with van der Waals surface area (Å²) in [5.74, 6) is 1.36. The van der Waals surface area contributed by atoms with Gasteiger partial charge in [-0.2, -0.15) is 13.2 Å². The third kappa shape index (κ3) is 3.61. The van der Waals surface area contributed by atoms with Crippen molar-refractivity contribution in [3.05, 3.63) is 41.5 Å². The predicted molar refractivity (Wildman–Crippen MR) is 101 cm³/mol. The molecule has 0 saturated heterocycles. The monoisotopic (exact) mass is 390 g/mol. The van der Waals surface area contributed by atoms with Gasteiger partial charge in [0.1, 0.15) is 5.82 Å². The van der Waals surface area contributed by atoms with Crippen LogP contribution in [0.2, 0.25) is 0 Å². The predicted octanol–water partition coefficient (Wildman–Crippen LogP) is 4.40. The highest BCUT2D eigenvalue weighted by Crippen LogP contribution is 2.34. The Morgan fingerprint density at radius 3 is 2.64 bits per heavy atom. The molecule has 3 aromatic rings. The number of benzene rings is 1. The zero-order valence-electron chi connectivity index (χ0n) is 15.3. The molecule has 0 aliphatic heterocycles. The number of aromatic nitrogens is 4. The molecule has 0 bridgehead atoms. The number of alkyl halides is 3. The van der Waals surface area contributed by atoms with Crippen LogP contribution in [-0.4, -0.2) is 26.0 Å². The van der Waals surface area contributed by atoms with E-state index >= 15 is 0 Å². The number of nitrogens with one attached hydrogen (secondary N) is 2. The summed E-state index contributed by atoms with van der Waals surface area (Å²) in [4.78, 5) is 15.8. The van der Waals surface area contributed by atoms with E-state index in [1.165, 1.54) is 0 Å². The van der Waals surface area contributed by atoms with Crippen LogP contribution >= 0.6 is 0 Å². The number of H-pyrrole nitrogens is 1. The molecule has 4 N–H and O–H groups in total. The van der Waals surface area contributed by atoms with Crippen LogP contribution in [0.25, 0.3) is 11.0 Å². The highest BCUT2D eigenvalue weighted by Gasteiger charge is 2.32. The minimum absolute atomic E-state index is 0.0786. The largest absolute Gasteiger partial charge is 0.419 e. The maximum absolute atomic E-state index is 12.6. The lowest BCUT2D eigenvalue weighted by Crippen LogP contribution is -2.27. The highest BCUT2D eigenvalue weighted by atomic mass is 19.4. The van der Waals surface area contributed by atoms with E-state index in [0.717, 1.165) is 60.5 Å². The van der Waals surface area contributed by atoms with Crippen LogP contribution in [0.15, 0.2) is 24.5 Å². The SMILES string of the molecule is Cc1c(N)ccc2[nH]c([C@H]3CCC[C@@H](Nc4ncc(C(F)(F)F)cn4)C3)nc12. The smallest absolute Gasteiger partial charge is 0.398 e. The summed E-state index contributed by atoms with van der Waals surface area (Å²) < 4.78 is 37.9. The van der Waals surface area contributed by atoms with E-state index in [4.69, 9.17) is 10.7 Å². The Hall–Kier alpha value is -2.84. The molecule has 2 heterocycles. The lowest BCUT2D eigenvalue weighted by atomic mass is 9.85. The van der Waals surface area contributed by atoms with Gasteiger partial charge in [-0.15, -0.1) is 0 Å². The molecule has 0 spiro atoms. The first-order valence-corrected chi connectivity index (χ1v) is 9.21. The maximum atomic E-state index is 12.6. The number of halogens is 3. The number of rotatable bonds is 3. The normalized spacial score (nSPS) is 20.4. The van der Waals surface area contributed by atoms with Crippen molar-refractivity contribution in [2.75, 3.05) is 11.1 Å². The van der Waals surface area contributed by atoms with Crippen LogP contribution in [0.4, 0.5) is 24.8 Å². The molecule has 0 unspecified atom stereocenters. The van der Waals surface area contributed by atoms with Crippen molar-refractivity contribution in [2.24, 2.45) is 0 Å². The number of nitrogens with zero attached hydrogens (tertiary/aromatic N) is 3. The number of aryl methyl sites for hydroxylation is 1. The van der Waals surface area contributed by atoms with Crippen molar-refractivity contribution in [1.82, 2.24) is 19.9 Å². The molecule has 9 heteroatoms. The molecule has 1 aromatic carbocycles. The number of hydrogen-bond donors (Lipinski definition) is 3. The Morgan fingerprint density at radius 1 is 1.18 bits per heavy atom. The summed E-state index contributed by atoms with van der Waals surface area (Å²) in [6.07, 6.45) is 0.884. The van der Waals surface area contributed by atoms with E-state index < -0.39 is 11.7 Å². The standard InChI is InChI=1S/C19H21F3N6/c1-10-14(23)5-6-15-16(10)28-17(27-15)11-3-2-4-13(7-11)26-18-24-8-12(9-25-18)19(20,21)22/h5-6,8-9,11,13H,2-4,7,23H2,1H3,(H,27,28)(H,24,25,26)/t11-,13+/m0/s1. The molecular formula is C19H21F3N6. The molecule has 6 nitrogen and oxygen atoms in total. The minimum Gasteiger partial charge on any atom is -0.398 e. The van der Waals surface area contributed by atoms with Gasteiger partial charge in [0.25, 0.3) is 0 Å². The molecule has 28 heavy (non-hydrogen) atoms. The van der Waals surface area contributed by atoms with Crippen LogP contribution in [0, 0.1) is 6.92 Å². The Morgan fingerprint density at radius 2 is 1.93 bits per heavy atom. The fourth-order valence-corrected chi connectivity index (χ4v) is 3.74. The number of nitrogens with two attached hydrogens (primary N) is 1. The molecule has 0 radical (unpaired) electrons.